The highest BCUT2D eigenvalue weighted by atomic mass is 16.3. The average Bonchev–Trinajstić information content (AvgIpc) is 2.39. The van der Waals surface area contributed by atoms with Gasteiger partial charge in [0.15, 0.2) is 4.87 Å². The third kappa shape index (κ3) is 3.17. The lowest BCUT2D eigenvalue weighted by Gasteiger charge is -2.11. The molecule has 0 aromatic heterocycles. The normalized spacial score (nSPS) is 18.1. The molecule has 0 bridgehead atoms. The second-order valence-electron chi connectivity index (χ2n) is 3.97. The summed E-state index contributed by atoms with van der Waals surface area (Å²) in [5.74, 6) is 0. The van der Waals surface area contributed by atoms with E-state index in [4.69, 9.17) is 0 Å². The third-order valence-electron chi connectivity index (χ3n) is 2.56. The molecule has 0 saturated heterocycles. The van der Waals surface area contributed by atoms with Crippen LogP contribution in [0.5, 0.6) is 0 Å². The van der Waals surface area contributed by atoms with Gasteiger partial charge in [0, 0.05) is 25.5 Å². The lowest BCUT2D eigenvalue weighted by Crippen LogP contribution is -2.21. The Bertz CT molecular complexity index is 439. The van der Waals surface area contributed by atoms with Gasteiger partial charge in [-0.25, -0.2) is 0 Å². The van der Waals surface area contributed by atoms with Crippen molar-refractivity contribution in [1.29, 1.82) is 0 Å². The fourth-order valence-corrected chi connectivity index (χ4v) is 1.57. The van der Waals surface area contributed by atoms with E-state index < -0.39 is 0 Å². The Morgan fingerprint density at radius 3 is 2.71 bits per heavy atom. The highest BCUT2D eigenvalue weighted by Crippen LogP contribution is 2.10. The Morgan fingerprint density at radius 1 is 1.29 bits per heavy atom. The van der Waals surface area contributed by atoms with E-state index in [-0.39, 0.29) is 0 Å². The molecule has 0 aromatic rings. The Hall–Kier alpha value is -2.10. The Balaban J connectivity index is 1.94. The molecule has 1 heterocycles. The molecule has 0 unspecified atom stereocenters. The lowest BCUT2D eigenvalue weighted by atomic mass is 10.1. The van der Waals surface area contributed by atoms with Crippen LogP contribution in [0.15, 0.2) is 60.3 Å². The van der Waals surface area contributed by atoms with Crippen molar-refractivity contribution in [2.75, 3.05) is 7.05 Å². The number of rotatable bonds is 3. The van der Waals surface area contributed by atoms with Crippen LogP contribution in [-0.2, 0) is 0 Å². The van der Waals surface area contributed by atoms with Crippen molar-refractivity contribution in [1.82, 2.24) is 10.3 Å². The summed E-state index contributed by atoms with van der Waals surface area (Å²) >= 11 is 0. The van der Waals surface area contributed by atoms with Crippen LogP contribution in [0.25, 0.3) is 0 Å². The van der Waals surface area contributed by atoms with Gasteiger partial charge in [-0.2, -0.15) is 0 Å². The maximum absolute atomic E-state index is 11.7. The summed E-state index contributed by atoms with van der Waals surface area (Å²) < 4.78 is 0. The smallest absolute Gasteiger partial charge is 0.288 e. The number of hydrogen-bond acceptors (Lipinski definition) is 2. The predicted octanol–water partition coefficient (Wildman–Crippen LogP) is 2.36. The molecule has 0 atom stereocenters. The molecule has 17 heavy (non-hydrogen) atoms. The number of nitrogens with one attached hydrogen (secondary N) is 1. The van der Waals surface area contributed by atoms with E-state index in [2.05, 4.69) is 5.43 Å². The van der Waals surface area contributed by atoms with Gasteiger partial charge in [-0.3, -0.25) is 0 Å². The van der Waals surface area contributed by atoms with Gasteiger partial charge >= 0.3 is 0 Å². The van der Waals surface area contributed by atoms with Crippen LogP contribution in [0.3, 0.4) is 0 Å². The largest absolute Gasteiger partial charge is 0.357 e. The molecular formula is C13H16N3O+. The van der Waals surface area contributed by atoms with Gasteiger partial charge in [0.1, 0.15) is 0 Å². The first-order valence-electron chi connectivity index (χ1n) is 5.64. The van der Waals surface area contributed by atoms with Crippen molar-refractivity contribution in [3.63, 3.8) is 0 Å². The molecule has 88 valence electrons. The summed E-state index contributed by atoms with van der Waals surface area (Å²) in [5.41, 5.74) is 4.34. The predicted molar refractivity (Wildman–Crippen MR) is 67.3 cm³/mol. The zero-order chi connectivity index (χ0) is 12.1. The Morgan fingerprint density at radius 2 is 2.06 bits per heavy atom. The number of nitroso groups, excluding NO2 is 1. The lowest BCUT2D eigenvalue weighted by molar-refractivity contribution is -0.545. The molecular weight excluding hydrogens is 214 g/mol. The molecule has 0 radical (unpaired) electrons. The fraction of sp³-hybridized carbons (Fsp3) is 0.231. The SMILES string of the molecule is CN1C=CC(=CN[N+](=O)C2=CCCC=C2)C=C1. The maximum atomic E-state index is 11.7. The van der Waals surface area contributed by atoms with E-state index in [0.29, 0.717) is 5.70 Å². The standard InChI is InChI=1S/C13H16N3O/c1-15-9-7-12(8-10-15)11-14-16(17)13-5-3-2-4-6-13/h3,5-11H,2,4H2,1H3,(H,14,17)/q+1. The number of allylic oxidation sites excluding steroid dienone is 6. The molecule has 0 amide bonds. The van der Waals surface area contributed by atoms with Crippen molar-refractivity contribution in [2.45, 2.75) is 12.8 Å². The Kier molecular flexibility index (Phi) is 3.55. The van der Waals surface area contributed by atoms with E-state index in [1.807, 2.05) is 54.7 Å². The van der Waals surface area contributed by atoms with Crippen LogP contribution in [0.1, 0.15) is 12.8 Å². The van der Waals surface area contributed by atoms with Crippen LogP contribution < -0.4 is 5.43 Å². The van der Waals surface area contributed by atoms with E-state index in [9.17, 15) is 4.91 Å². The zero-order valence-electron chi connectivity index (χ0n) is 9.84. The quantitative estimate of drug-likeness (QED) is 0.597. The molecule has 0 saturated carbocycles. The van der Waals surface area contributed by atoms with E-state index in [1.54, 1.807) is 6.20 Å². The number of nitrogens with zero attached hydrogens (tertiary/aromatic N) is 2. The summed E-state index contributed by atoms with van der Waals surface area (Å²) in [5, 5.41) is 0. The molecule has 1 N–H and O–H groups in total. The third-order valence-corrected chi connectivity index (χ3v) is 2.56. The van der Waals surface area contributed by atoms with E-state index in [1.165, 1.54) is 0 Å². The highest BCUT2D eigenvalue weighted by molar-refractivity contribution is 5.32. The average molecular weight is 230 g/mol. The van der Waals surface area contributed by atoms with Gasteiger partial charge < -0.3 is 4.90 Å². The van der Waals surface area contributed by atoms with Gasteiger partial charge in [-0.05, 0) is 36.6 Å². The van der Waals surface area contributed by atoms with Gasteiger partial charge in [-0.15, -0.1) is 5.43 Å². The van der Waals surface area contributed by atoms with Crippen molar-refractivity contribution in [2.24, 2.45) is 0 Å². The molecule has 2 aliphatic rings. The molecule has 0 fully saturated rings. The molecule has 4 heteroatoms. The first-order chi connectivity index (χ1) is 8.25. The molecule has 1 aliphatic carbocycles. The minimum Gasteiger partial charge on any atom is -0.357 e. The maximum Gasteiger partial charge on any atom is 0.288 e. The summed E-state index contributed by atoms with van der Waals surface area (Å²) in [6, 6.07) is 0. The molecule has 1 aliphatic heterocycles. The first kappa shape index (κ1) is 11.4. The minimum absolute atomic E-state index is 0.661. The number of hydrogen-bond donors (Lipinski definition) is 1. The second kappa shape index (κ2) is 5.30. The molecule has 2 rings (SSSR count). The second-order valence-corrected chi connectivity index (χ2v) is 3.97. The minimum atomic E-state index is 0.661. The van der Waals surface area contributed by atoms with E-state index >= 15 is 0 Å². The summed E-state index contributed by atoms with van der Waals surface area (Å²) in [4.78, 5) is 14.4. The number of hydrazine groups is 1. The zero-order valence-corrected chi connectivity index (χ0v) is 9.84. The molecule has 0 aromatic carbocycles. The fourth-order valence-electron chi connectivity index (χ4n) is 1.57. The van der Waals surface area contributed by atoms with Gasteiger partial charge in [0.05, 0.1) is 11.1 Å². The molecule has 0 spiro atoms. The van der Waals surface area contributed by atoms with E-state index in [0.717, 1.165) is 23.3 Å². The van der Waals surface area contributed by atoms with Crippen molar-refractivity contribution in [3.05, 3.63) is 65.2 Å². The van der Waals surface area contributed by atoms with Crippen LogP contribution in [0, 0.1) is 4.91 Å². The first-order valence-corrected chi connectivity index (χ1v) is 5.64. The van der Waals surface area contributed by atoms with Crippen molar-refractivity contribution < 1.29 is 4.87 Å². The van der Waals surface area contributed by atoms with Gasteiger partial charge in [-0.1, -0.05) is 6.08 Å². The van der Waals surface area contributed by atoms with Crippen LogP contribution >= 0.6 is 0 Å². The van der Waals surface area contributed by atoms with Crippen LogP contribution in [-0.4, -0.2) is 16.8 Å². The van der Waals surface area contributed by atoms with Gasteiger partial charge in [0.25, 0.3) is 5.70 Å². The molecule has 4 nitrogen and oxygen atoms in total. The monoisotopic (exact) mass is 230 g/mol. The van der Waals surface area contributed by atoms with Crippen molar-refractivity contribution >= 4 is 0 Å². The van der Waals surface area contributed by atoms with Crippen LogP contribution in [0.2, 0.25) is 0 Å². The summed E-state index contributed by atoms with van der Waals surface area (Å²) in [6.45, 7) is 0. The van der Waals surface area contributed by atoms with Gasteiger partial charge in [0.2, 0.25) is 0 Å². The van der Waals surface area contributed by atoms with Crippen LogP contribution in [0.4, 0.5) is 0 Å². The summed E-state index contributed by atoms with van der Waals surface area (Å²) in [6.07, 6.45) is 17.1. The topological polar surface area (TPSA) is 35.4 Å². The Labute approximate surface area is 101 Å². The van der Waals surface area contributed by atoms with Crippen molar-refractivity contribution in [3.8, 4) is 0 Å². The highest BCUT2D eigenvalue weighted by Gasteiger charge is 2.14. The summed E-state index contributed by atoms with van der Waals surface area (Å²) in [7, 11) is 1.95.